The van der Waals surface area contributed by atoms with Crippen LogP contribution in [0.2, 0.25) is 5.02 Å². The van der Waals surface area contributed by atoms with Crippen molar-refractivity contribution in [2.75, 3.05) is 0 Å². The third-order valence-corrected chi connectivity index (χ3v) is 4.58. The van der Waals surface area contributed by atoms with E-state index >= 15 is 0 Å². The van der Waals surface area contributed by atoms with Gasteiger partial charge in [-0.1, -0.05) is 63.6 Å². The molecule has 0 aliphatic carbocycles. The zero-order valence-electron chi connectivity index (χ0n) is 11.1. The maximum Gasteiger partial charge on any atom is 0.299 e. The van der Waals surface area contributed by atoms with Crippen LogP contribution in [0.4, 0.5) is 0 Å². The van der Waals surface area contributed by atoms with E-state index < -0.39 is 15.5 Å². The first kappa shape index (κ1) is 15.9. The molecule has 7 heteroatoms. The van der Waals surface area contributed by atoms with Crippen LogP contribution in [-0.4, -0.2) is 8.42 Å². The van der Waals surface area contributed by atoms with Crippen LogP contribution in [-0.2, 0) is 10.0 Å². The molecule has 0 heterocycles. The summed E-state index contributed by atoms with van der Waals surface area (Å²) >= 11 is 12.0. The van der Waals surface area contributed by atoms with Crippen LogP contribution < -0.4 is 0 Å². The van der Waals surface area contributed by atoms with Crippen molar-refractivity contribution < 1.29 is 8.42 Å². The highest BCUT2D eigenvalue weighted by atomic mass is 35.5. The molecule has 110 valence electrons. The number of alkyl halides is 1. The second kappa shape index (κ2) is 6.56. The zero-order chi connectivity index (χ0) is 15.5. The van der Waals surface area contributed by atoms with E-state index in [1.807, 2.05) is 6.92 Å². The van der Waals surface area contributed by atoms with Crippen LogP contribution in [0.5, 0.6) is 0 Å². The fourth-order valence-corrected chi connectivity index (χ4v) is 2.96. The van der Waals surface area contributed by atoms with Gasteiger partial charge in [-0.25, -0.2) is 0 Å². The molecular formula is C14H12Cl2N2O2S. The van der Waals surface area contributed by atoms with Gasteiger partial charge in [0.2, 0.25) is 0 Å². The molecule has 0 fully saturated rings. The second-order valence-corrected chi connectivity index (χ2v) is 6.75. The summed E-state index contributed by atoms with van der Waals surface area (Å²) in [7, 11) is -3.86. The van der Waals surface area contributed by atoms with E-state index in [1.165, 1.54) is 12.1 Å². The lowest BCUT2D eigenvalue weighted by molar-refractivity contribution is 0.594. The largest absolute Gasteiger partial charge is 0.299 e. The van der Waals surface area contributed by atoms with Gasteiger partial charge in [0.25, 0.3) is 10.0 Å². The molecule has 2 aromatic rings. The maximum atomic E-state index is 12.0. The molecule has 21 heavy (non-hydrogen) atoms. The molecule has 0 aliphatic heterocycles. The highest BCUT2D eigenvalue weighted by Crippen LogP contribution is 2.29. The Balaban J connectivity index is 2.24. The van der Waals surface area contributed by atoms with Crippen molar-refractivity contribution in [3.05, 3.63) is 64.7 Å². The van der Waals surface area contributed by atoms with E-state index in [1.54, 1.807) is 36.4 Å². The van der Waals surface area contributed by atoms with Gasteiger partial charge in [-0.15, -0.1) is 0 Å². The summed E-state index contributed by atoms with van der Waals surface area (Å²) < 4.78 is 27.4. The number of rotatable bonds is 4. The van der Waals surface area contributed by atoms with Gasteiger partial charge in [0.1, 0.15) is 0 Å². The minimum atomic E-state index is -3.86. The Bertz CT molecular complexity index is 759. The SMILES string of the molecule is Cc1ccc(S(=O)(=O)N=NC(Cl)c2ccccc2Cl)cc1. The third kappa shape index (κ3) is 4.03. The van der Waals surface area contributed by atoms with Crippen molar-refractivity contribution in [3.63, 3.8) is 0 Å². The van der Waals surface area contributed by atoms with Crippen LogP contribution in [0, 0.1) is 6.92 Å². The first-order chi connectivity index (χ1) is 9.90. The normalized spacial score (nSPS) is 13.5. The molecule has 2 aromatic carbocycles. The van der Waals surface area contributed by atoms with Crippen LogP contribution in [0.25, 0.3) is 0 Å². The number of benzene rings is 2. The topological polar surface area (TPSA) is 58.9 Å². The Hall–Kier alpha value is -1.43. The lowest BCUT2D eigenvalue weighted by Crippen LogP contribution is -1.97. The number of nitrogens with zero attached hydrogens (tertiary/aromatic N) is 2. The minimum Gasteiger partial charge on any atom is -0.198 e. The highest BCUT2D eigenvalue weighted by molar-refractivity contribution is 7.90. The first-order valence-electron chi connectivity index (χ1n) is 6.02. The minimum absolute atomic E-state index is 0.0693. The number of hydrogen-bond acceptors (Lipinski definition) is 3. The summed E-state index contributed by atoms with van der Waals surface area (Å²) in [6, 6.07) is 13.1. The summed E-state index contributed by atoms with van der Waals surface area (Å²) in [5.41, 5.74) is 0.500. The molecule has 0 radical (unpaired) electrons. The molecule has 0 saturated heterocycles. The second-order valence-electron chi connectivity index (χ2n) is 4.34. The van der Waals surface area contributed by atoms with Gasteiger partial charge in [0, 0.05) is 10.6 Å². The van der Waals surface area contributed by atoms with Crippen molar-refractivity contribution >= 4 is 33.2 Å². The quantitative estimate of drug-likeness (QED) is 0.458. The van der Waals surface area contributed by atoms with Crippen LogP contribution in [0.15, 0.2) is 63.1 Å². The van der Waals surface area contributed by atoms with Gasteiger partial charge >= 0.3 is 0 Å². The third-order valence-electron chi connectivity index (χ3n) is 2.74. The number of sulfonamides is 1. The molecule has 0 saturated carbocycles. The van der Waals surface area contributed by atoms with Crippen LogP contribution in [0.1, 0.15) is 16.6 Å². The standard InChI is InChI=1S/C14H12Cl2N2O2S/c1-10-6-8-11(9-7-10)21(19,20)18-17-14(16)12-4-2-3-5-13(12)15/h2-9,14H,1H3. The fraction of sp³-hybridized carbons (Fsp3) is 0.143. The Kier molecular flexibility index (Phi) is 4.98. The number of aryl methyl sites for hydroxylation is 1. The molecule has 1 atom stereocenters. The van der Waals surface area contributed by atoms with E-state index in [0.717, 1.165) is 5.56 Å². The number of halogens is 2. The van der Waals surface area contributed by atoms with E-state index in [9.17, 15) is 8.42 Å². The predicted octanol–water partition coefficient (Wildman–Crippen LogP) is 4.73. The Morgan fingerprint density at radius 3 is 2.29 bits per heavy atom. The molecule has 1 unspecified atom stereocenters. The monoisotopic (exact) mass is 342 g/mol. The highest BCUT2D eigenvalue weighted by Gasteiger charge is 2.15. The molecule has 4 nitrogen and oxygen atoms in total. The summed E-state index contributed by atoms with van der Waals surface area (Å²) in [6.45, 7) is 1.87. The average Bonchev–Trinajstić information content (AvgIpc) is 2.46. The van der Waals surface area contributed by atoms with E-state index in [0.29, 0.717) is 10.6 Å². The molecule has 0 aromatic heterocycles. The van der Waals surface area contributed by atoms with Crippen LogP contribution in [0.3, 0.4) is 0 Å². The first-order valence-corrected chi connectivity index (χ1v) is 8.28. The van der Waals surface area contributed by atoms with Crippen molar-refractivity contribution in [2.45, 2.75) is 17.3 Å². The molecule has 0 spiro atoms. The van der Waals surface area contributed by atoms with Gasteiger partial charge < -0.3 is 0 Å². The van der Waals surface area contributed by atoms with Crippen molar-refractivity contribution in [2.24, 2.45) is 9.63 Å². The van der Waals surface area contributed by atoms with Gasteiger partial charge in [-0.3, -0.25) is 0 Å². The molecule has 0 amide bonds. The van der Waals surface area contributed by atoms with Gasteiger partial charge in [0.15, 0.2) is 5.50 Å². The summed E-state index contributed by atoms with van der Waals surface area (Å²) in [5, 5.41) is 4.05. The van der Waals surface area contributed by atoms with Crippen molar-refractivity contribution in [1.29, 1.82) is 0 Å². The average molecular weight is 343 g/mol. The Morgan fingerprint density at radius 1 is 1.05 bits per heavy atom. The summed E-state index contributed by atoms with van der Waals surface area (Å²) in [6.07, 6.45) is 0. The Labute approximate surface area is 133 Å². The van der Waals surface area contributed by atoms with Crippen molar-refractivity contribution in [1.82, 2.24) is 0 Å². The smallest absolute Gasteiger partial charge is 0.198 e. The van der Waals surface area contributed by atoms with E-state index in [2.05, 4.69) is 9.63 Å². The molecule has 0 bridgehead atoms. The zero-order valence-corrected chi connectivity index (χ0v) is 13.4. The molecular weight excluding hydrogens is 331 g/mol. The maximum absolute atomic E-state index is 12.0. The van der Waals surface area contributed by atoms with Crippen LogP contribution >= 0.6 is 23.2 Å². The van der Waals surface area contributed by atoms with E-state index in [4.69, 9.17) is 23.2 Å². The lowest BCUT2D eigenvalue weighted by Gasteiger charge is -2.05. The summed E-state index contributed by atoms with van der Waals surface area (Å²) in [5.74, 6) is 0. The molecule has 2 rings (SSSR count). The molecule has 0 N–H and O–H groups in total. The van der Waals surface area contributed by atoms with E-state index in [-0.39, 0.29) is 4.90 Å². The van der Waals surface area contributed by atoms with Gasteiger partial charge in [-0.05, 0) is 25.1 Å². The lowest BCUT2D eigenvalue weighted by atomic mass is 10.2. The molecule has 0 aliphatic rings. The number of hydrogen-bond donors (Lipinski definition) is 0. The van der Waals surface area contributed by atoms with Gasteiger partial charge in [-0.2, -0.15) is 13.5 Å². The predicted molar refractivity (Wildman–Crippen MR) is 83.3 cm³/mol. The van der Waals surface area contributed by atoms with Crippen molar-refractivity contribution in [3.8, 4) is 0 Å². The van der Waals surface area contributed by atoms with Gasteiger partial charge in [0.05, 0.1) is 4.90 Å². The summed E-state index contributed by atoms with van der Waals surface area (Å²) in [4.78, 5) is 0.0693. The fourth-order valence-electron chi connectivity index (χ4n) is 1.59. The Morgan fingerprint density at radius 2 is 1.67 bits per heavy atom.